The Labute approximate surface area is 66.9 Å². The van der Waals surface area contributed by atoms with E-state index in [0.717, 1.165) is 12.8 Å². The topological polar surface area (TPSA) is 37.3 Å². The molecule has 0 saturated heterocycles. The molecule has 0 amide bonds. The Hall–Kier alpha value is -1.23. The van der Waals surface area contributed by atoms with Crippen LogP contribution in [-0.2, 0) is 4.79 Å². The maximum Gasteiger partial charge on any atom is 0.304 e. The molecule has 2 nitrogen and oxygen atoms in total. The van der Waals surface area contributed by atoms with Crippen LogP contribution in [0.25, 0.3) is 0 Å². The lowest BCUT2D eigenvalue weighted by Gasteiger charge is -1.83. The SMILES string of the molecule is C=CCCC#CCCC(=O)O. The average molecular weight is 152 g/mol. The third-order valence-corrected chi connectivity index (χ3v) is 1.06. The summed E-state index contributed by atoms with van der Waals surface area (Å²) >= 11 is 0. The predicted octanol–water partition coefficient (Wildman–Crippen LogP) is 1.82. The van der Waals surface area contributed by atoms with Gasteiger partial charge in [0, 0.05) is 12.8 Å². The largest absolute Gasteiger partial charge is 0.481 e. The Morgan fingerprint density at radius 1 is 1.45 bits per heavy atom. The molecule has 0 radical (unpaired) electrons. The molecule has 0 saturated carbocycles. The summed E-state index contributed by atoms with van der Waals surface area (Å²) in [5.41, 5.74) is 0. The average Bonchev–Trinajstić information content (AvgIpc) is 1.96. The molecular formula is C9H12O2. The van der Waals surface area contributed by atoms with Crippen LogP contribution in [0.4, 0.5) is 0 Å². The van der Waals surface area contributed by atoms with Crippen LogP contribution in [0, 0.1) is 11.8 Å². The zero-order valence-electron chi connectivity index (χ0n) is 6.47. The second-order valence-corrected chi connectivity index (χ2v) is 2.07. The van der Waals surface area contributed by atoms with Gasteiger partial charge in [-0.15, -0.1) is 18.4 Å². The Morgan fingerprint density at radius 2 is 2.09 bits per heavy atom. The molecule has 0 unspecified atom stereocenters. The molecule has 0 fully saturated rings. The minimum atomic E-state index is -0.789. The molecule has 0 heterocycles. The molecule has 0 rings (SSSR count). The lowest BCUT2D eigenvalue weighted by Crippen LogP contribution is -1.91. The van der Waals surface area contributed by atoms with E-state index in [4.69, 9.17) is 5.11 Å². The molecule has 0 aromatic carbocycles. The second-order valence-electron chi connectivity index (χ2n) is 2.07. The zero-order chi connectivity index (χ0) is 8.53. The van der Waals surface area contributed by atoms with E-state index in [1.807, 2.05) is 0 Å². The molecule has 0 aliphatic carbocycles. The van der Waals surface area contributed by atoms with Gasteiger partial charge < -0.3 is 5.11 Å². The summed E-state index contributed by atoms with van der Waals surface area (Å²) in [6.07, 6.45) is 4.04. The van der Waals surface area contributed by atoms with Crippen molar-refractivity contribution in [3.63, 3.8) is 0 Å². The standard InChI is InChI=1S/C9H12O2/c1-2-3-4-5-6-7-8-9(10)11/h2H,1,3-4,7-8H2,(H,10,11). The van der Waals surface area contributed by atoms with Crippen LogP contribution >= 0.6 is 0 Å². The highest BCUT2D eigenvalue weighted by molar-refractivity contribution is 5.66. The smallest absolute Gasteiger partial charge is 0.304 e. The molecular weight excluding hydrogens is 140 g/mol. The number of carboxylic acid groups (broad SMARTS) is 1. The van der Waals surface area contributed by atoms with Crippen LogP contribution in [0.2, 0.25) is 0 Å². The molecule has 2 heteroatoms. The van der Waals surface area contributed by atoms with Crippen LogP contribution in [0.15, 0.2) is 12.7 Å². The molecule has 0 bridgehead atoms. The van der Waals surface area contributed by atoms with E-state index in [1.165, 1.54) is 0 Å². The monoisotopic (exact) mass is 152 g/mol. The number of unbranched alkanes of at least 4 members (excludes halogenated alkanes) is 1. The second kappa shape index (κ2) is 6.88. The Bertz CT molecular complexity index is 183. The Morgan fingerprint density at radius 3 is 2.64 bits per heavy atom. The van der Waals surface area contributed by atoms with Crippen LogP contribution < -0.4 is 0 Å². The van der Waals surface area contributed by atoms with Gasteiger partial charge in [0.2, 0.25) is 0 Å². The molecule has 11 heavy (non-hydrogen) atoms. The van der Waals surface area contributed by atoms with Gasteiger partial charge in [0.05, 0.1) is 6.42 Å². The predicted molar refractivity (Wildman–Crippen MR) is 44.1 cm³/mol. The van der Waals surface area contributed by atoms with Gasteiger partial charge in [-0.05, 0) is 6.42 Å². The fourth-order valence-corrected chi connectivity index (χ4v) is 0.520. The van der Waals surface area contributed by atoms with Gasteiger partial charge >= 0.3 is 5.97 Å². The number of hydrogen-bond acceptors (Lipinski definition) is 1. The highest BCUT2D eigenvalue weighted by Crippen LogP contribution is 1.88. The van der Waals surface area contributed by atoms with E-state index < -0.39 is 5.97 Å². The lowest BCUT2D eigenvalue weighted by atomic mass is 10.3. The third-order valence-electron chi connectivity index (χ3n) is 1.06. The number of hydrogen-bond donors (Lipinski definition) is 1. The van der Waals surface area contributed by atoms with Crippen molar-refractivity contribution in [2.45, 2.75) is 25.7 Å². The van der Waals surface area contributed by atoms with E-state index in [-0.39, 0.29) is 6.42 Å². The molecule has 0 spiro atoms. The van der Waals surface area contributed by atoms with Crippen molar-refractivity contribution in [2.24, 2.45) is 0 Å². The van der Waals surface area contributed by atoms with Crippen LogP contribution in [-0.4, -0.2) is 11.1 Å². The number of carbonyl (C=O) groups is 1. The quantitative estimate of drug-likeness (QED) is 0.379. The van der Waals surface area contributed by atoms with E-state index in [9.17, 15) is 4.79 Å². The fraction of sp³-hybridized carbons (Fsp3) is 0.444. The zero-order valence-corrected chi connectivity index (χ0v) is 6.47. The minimum absolute atomic E-state index is 0.140. The summed E-state index contributed by atoms with van der Waals surface area (Å²) in [4.78, 5) is 10.0. The van der Waals surface area contributed by atoms with Crippen molar-refractivity contribution < 1.29 is 9.90 Å². The Balaban J connectivity index is 3.25. The molecule has 0 aromatic heterocycles. The van der Waals surface area contributed by atoms with Gasteiger partial charge in [0.15, 0.2) is 0 Å². The lowest BCUT2D eigenvalue weighted by molar-refractivity contribution is -0.136. The van der Waals surface area contributed by atoms with Gasteiger partial charge in [-0.3, -0.25) is 4.79 Å². The summed E-state index contributed by atoms with van der Waals surface area (Å²) in [5, 5.41) is 8.23. The first-order valence-electron chi connectivity index (χ1n) is 3.55. The van der Waals surface area contributed by atoms with Crippen LogP contribution in [0.1, 0.15) is 25.7 Å². The number of carboxylic acids is 1. The highest BCUT2D eigenvalue weighted by atomic mass is 16.4. The Kier molecular flexibility index (Phi) is 6.11. The van der Waals surface area contributed by atoms with E-state index in [0.29, 0.717) is 6.42 Å². The maximum atomic E-state index is 10.0. The van der Waals surface area contributed by atoms with Gasteiger partial charge in [-0.2, -0.15) is 0 Å². The molecule has 0 atom stereocenters. The van der Waals surface area contributed by atoms with Crippen molar-refractivity contribution in [2.75, 3.05) is 0 Å². The van der Waals surface area contributed by atoms with Crippen molar-refractivity contribution in [1.82, 2.24) is 0 Å². The van der Waals surface area contributed by atoms with Crippen molar-refractivity contribution in [1.29, 1.82) is 0 Å². The van der Waals surface area contributed by atoms with Crippen LogP contribution in [0.5, 0.6) is 0 Å². The number of aliphatic carboxylic acids is 1. The summed E-state index contributed by atoms with van der Waals surface area (Å²) in [5.74, 6) is 4.84. The first kappa shape index (κ1) is 9.77. The van der Waals surface area contributed by atoms with Gasteiger partial charge in [-0.25, -0.2) is 0 Å². The van der Waals surface area contributed by atoms with Crippen molar-refractivity contribution in [3.05, 3.63) is 12.7 Å². The maximum absolute atomic E-state index is 10.0. The summed E-state index contributed by atoms with van der Waals surface area (Å²) in [6, 6.07) is 0. The van der Waals surface area contributed by atoms with Gasteiger partial charge in [0.25, 0.3) is 0 Å². The van der Waals surface area contributed by atoms with E-state index >= 15 is 0 Å². The van der Waals surface area contributed by atoms with Gasteiger partial charge in [0.1, 0.15) is 0 Å². The fourth-order valence-electron chi connectivity index (χ4n) is 0.520. The number of rotatable bonds is 4. The summed E-state index contributed by atoms with van der Waals surface area (Å²) in [6.45, 7) is 3.54. The minimum Gasteiger partial charge on any atom is -0.481 e. The third kappa shape index (κ3) is 8.77. The van der Waals surface area contributed by atoms with E-state index in [1.54, 1.807) is 6.08 Å². The molecule has 0 aliphatic heterocycles. The molecule has 0 aromatic rings. The first-order valence-corrected chi connectivity index (χ1v) is 3.55. The molecule has 60 valence electrons. The summed E-state index contributed by atoms with van der Waals surface area (Å²) < 4.78 is 0. The normalized spacial score (nSPS) is 8.00. The molecule has 0 aliphatic rings. The van der Waals surface area contributed by atoms with E-state index in [2.05, 4.69) is 18.4 Å². The van der Waals surface area contributed by atoms with Crippen molar-refractivity contribution in [3.8, 4) is 11.8 Å². The van der Waals surface area contributed by atoms with Crippen LogP contribution in [0.3, 0.4) is 0 Å². The number of allylic oxidation sites excluding steroid dienone is 1. The van der Waals surface area contributed by atoms with Crippen molar-refractivity contribution >= 4 is 5.97 Å². The molecule has 1 N–H and O–H groups in total. The highest BCUT2D eigenvalue weighted by Gasteiger charge is 1.90. The van der Waals surface area contributed by atoms with Gasteiger partial charge in [-0.1, -0.05) is 6.08 Å². The first-order chi connectivity index (χ1) is 5.27. The summed E-state index contributed by atoms with van der Waals surface area (Å²) in [7, 11) is 0.